The molecule has 0 spiro atoms. The maximum atomic E-state index is 12.4. The lowest BCUT2D eigenvalue weighted by atomic mass is 10.1. The molecule has 2 heterocycles. The number of hydrogen-bond acceptors (Lipinski definition) is 9. The van der Waals surface area contributed by atoms with Gasteiger partial charge < -0.3 is 19.7 Å². The number of anilines is 1. The topological polar surface area (TPSA) is 115 Å². The molecule has 2 amide bonds. The Morgan fingerprint density at radius 2 is 1.90 bits per heavy atom. The molecular weight excluding hydrogens is 442 g/mol. The van der Waals surface area contributed by atoms with Gasteiger partial charge in [0.1, 0.15) is 10.0 Å². The van der Waals surface area contributed by atoms with Gasteiger partial charge in [-0.1, -0.05) is 0 Å². The smallest absolute Gasteiger partial charge is 0.341 e. The van der Waals surface area contributed by atoms with Gasteiger partial charge in [-0.05, 0) is 37.8 Å². The van der Waals surface area contributed by atoms with Crippen molar-refractivity contribution in [1.29, 1.82) is 0 Å². The molecule has 11 heteroatoms. The number of esters is 2. The molecule has 0 atom stereocenters. The predicted molar refractivity (Wildman–Crippen MR) is 118 cm³/mol. The lowest BCUT2D eigenvalue weighted by Crippen LogP contribution is -2.22. The summed E-state index contributed by atoms with van der Waals surface area (Å²) in [4.78, 5) is 55.3. The van der Waals surface area contributed by atoms with Crippen molar-refractivity contribution >= 4 is 51.9 Å². The summed E-state index contributed by atoms with van der Waals surface area (Å²) in [5, 5.41) is 3.20. The third-order valence-corrected chi connectivity index (χ3v) is 5.91. The summed E-state index contributed by atoms with van der Waals surface area (Å²) >= 11 is 2.25. The Hall–Kier alpha value is -2.92. The maximum Gasteiger partial charge on any atom is 0.341 e. The van der Waals surface area contributed by atoms with Crippen LogP contribution in [0.3, 0.4) is 0 Å². The van der Waals surface area contributed by atoms with Crippen molar-refractivity contribution in [2.45, 2.75) is 18.9 Å². The molecule has 0 unspecified atom stereocenters. The number of thioether (sulfide) groups is 1. The molecule has 9 nitrogen and oxygen atoms in total. The molecule has 166 valence electrons. The van der Waals surface area contributed by atoms with E-state index in [1.165, 1.54) is 16.7 Å². The van der Waals surface area contributed by atoms with Crippen molar-refractivity contribution in [3.63, 3.8) is 0 Å². The number of amides is 2. The molecule has 0 radical (unpaired) electrons. The molecular formula is C20H23N3O6S2. The van der Waals surface area contributed by atoms with Crippen molar-refractivity contribution in [1.82, 2.24) is 9.88 Å². The van der Waals surface area contributed by atoms with Crippen LogP contribution in [0.25, 0.3) is 0 Å². The van der Waals surface area contributed by atoms with Crippen LogP contribution >= 0.6 is 23.1 Å². The third-order valence-electron chi connectivity index (χ3n) is 4.00. The van der Waals surface area contributed by atoms with Crippen molar-refractivity contribution in [2.24, 2.45) is 0 Å². The molecule has 1 N–H and O–H groups in total. The average Bonchev–Trinajstić information content (AvgIpc) is 3.06. The summed E-state index contributed by atoms with van der Waals surface area (Å²) in [6.07, 6.45) is 3.33. The molecule has 0 saturated heterocycles. The van der Waals surface area contributed by atoms with E-state index >= 15 is 0 Å². The number of carbonyl (C=O) groups is 4. The molecule has 2 rings (SSSR count). The molecule has 0 aromatic carbocycles. The highest BCUT2D eigenvalue weighted by Crippen LogP contribution is 2.34. The summed E-state index contributed by atoms with van der Waals surface area (Å²) in [6, 6.07) is 3.15. The molecule has 2 aromatic heterocycles. The van der Waals surface area contributed by atoms with Crippen LogP contribution in [0.4, 0.5) is 5.00 Å². The maximum absolute atomic E-state index is 12.4. The van der Waals surface area contributed by atoms with E-state index < -0.39 is 24.5 Å². The van der Waals surface area contributed by atoms with E-state index in [0.717, 1.165) is 11.3 Å². The third kappa shape index (κ3) is 5.82. The van der Waals surface area contributed by atoms with Gasteiger partial charge in [-0.25, -0.2) is 14.6 Å². The average molecular weight is 466 g/mol. The van der Waals surface area contributed by atoms with Crippen molar-refractivity contribution in [3.8, 4) is 0 Å². The Labute approximate surface area is 188 Å². The highest BCUT2D eigenvalue weighted by Gasteiger charge is 2.27. The fourth-order valence-electron chi connectivity index (χ4n) is 2.54. The fourth-order valence-corrected chi connectivity index (χ4v) is 4.31. The Morgan fingerprint density at radius 1 is 1.19 bits per heavy atom. The van der Waals surface area contributed by atoms with E-state index in [-0.39, 0.29) is 28.6 Å². The first-order valence-corrected chi connectivity index (χ1v) is 11.2. The van der Waals surface area contributed by atoms with Crippen molar-refractivity contribution < 1.29 is 28.7 Å². The summed E-state index contributed by atoms with van der Waals surface area (Å²) in [7, 11) is 3.18. The Morgan fingerprint density at radius 3 is 2.52 bits per heavy atom. The van der Waals surface area contributed by atoms with E-state index in [2.05, 4.69) is 10.3 Å². The van der Waals surface area contributed by atoms with Gasteiger partial charge >= 0.3 is 11.9 Å². The zero-order valence-electron chi connectivity index (χ0n) is 17.8. The SMILES string of the molecule is CCOC(=O)c1c(NC(=O)COC(=O)c2cccnc2SC)sc(C(=O)N(C)C)c1C. The fraction of sp³-hybridized carbons (Fsp3) is 0.350. The Bertz CT molecular complexity index is 1000. The van der Waals surface area contributed by atoms with E-state index in [9.17, 15) is 19.2 Å². The minimum Gasteiger partial charge on any atom is -0.462 e. The van der Waals surface area contributed by atoms with Gasteiger partial charge in [-0.2, -0.15) is 0 Å². The monoisotopic (exact) mass is 465 g/mol. The summed E-state index contributed by atoms with van der Waals surface area (Å²) < 4.78 is 10.1. The predicted octanol–water partition coefficient (Wildman–Crippen LogP) is 2.85. The number of ether oxygens (including phenoxy) is 2. The van der Waals surface area contributed by atoms with E-state index in [0.29, 0.717) is 15.5 Å². The largest absolute Gasteiger partial charge is 0.462 e. The zero-order chi connectivity index (χ0) is 23.1. The number of nitrogens with one attached hydrogen (secondary N) is 1. The molecule has 0 bridgehead atoms. The second-order valence-electron chi connectivity index (χ2n) is 6.36. The second kappa shape index (κ2) is 10.9. The van der Waals surface area contributed by atoms with E-state index in [1.807, 2.05) is 0 Å². The highest BCUT2D eigenvalue weighted by molar-refractivity contribution is 7.98. The normalized spacial score (nSPS) is 10.4. The van der Waals surface area contributed by atoms with Gasteiger partial charge in [0.15, 0.2) is 6.61 Å². The minimum atomic E-state index is -0.691. The lowest BCUT2D eigenvalue weighted by molar-refractivity contribution is -0.119. The zero-order valence-corrected chi connectivity index (χ0v) is 19.4. The van der Waals surface area contributed by atoms with Crippen LogP contribution < -0.4 is 5.32 Å². The summed E-state index contributed by atoms with van der Waals surface area (Å²) in [5.41, 5.74) is 0.768. The first-order chi connectivity index (χ1) is 14.7. The van der Waals surface area contributed by atoms with Crippen LogP contribution in [0.2, 0.25) is 0 Å². The van der Waals surface area contributed by atoms with Crippen LogP contribution in [0.15, 0.2) is 23.4 Å². The van der Waals surface area contributed by atoms with Crippen LogP contribution in [-0.2, 0) is 14.3 Å². The van der Waals surface area contributed by atoms with Crippen LogP contribution in [0.5, 0.6) is 0 Å². The molecule has 0 fully saturated rings. The van der Waals surface area contributed by atoms with Gasteiger partial charge in [0.2, 0.25) is 0 Å². The second-order valence-corrected chi connectivity index (χ2v) is 8.18. The van der Waals surface area contributed by atoms with Gasteiger partial charge in [0, 0.05) is 20.3 Å². The van der Waals surface area contributed by atoms with Gasteiger partial charge in [-0.3, -0.25) is 9.59 Å². The van der Waals surface area contributed by atoms with Crippen molar-refractivity contribution in [2.75, 3.05) is 38.9 Å². The van der Waals surface area contributed by atoms with Gasteiger partial charge in [-0.15, -0.1) is 23.1 Å². The Balaban J connectivity index is 2.19. The van der Waals surface area contributed by atoms with Crippen molar-refractivity contribution in [3.05, 3.63) is 39.9 Å². The number of aromatic nitrogens is 1. The molecule has 0 aliphatic rings. The number of carbonyl (C=O) groups excluding carboxylic acids is 4. The van der Waals surface area contributed by atoms with Crippen LogP contribution in [-0.4, -0.2) is 67.2 Å². The highest BCUT2D eigenvalue weighted by atomic mass is 32.2. The molecule has 0 aliphatic heterocycles. The Kier molecular flexibility index (Phi) is 8.57. The van der Waals surface area contributed by atoms with Crippen LogP contribution in [0, 0.1) is 6.92 Å². The quantitative estimate of drug-likeness (QED) is 0.467. The minimum absolute atomic E-state index is 0.105. The number of nitrogens with zero attached hydrogens (tertiary/aromatic N) is 2. The van der Waals surface area contributed by atoms with E-state index in [1.54, 1.807) is 52.5 Å². The number of rotatable bonds is 8. The summed E-state index contributed by atoms with van der Waals surface area (Å²) in [6.45, 7) is 2.84. The van der Waals surface area contributed by atoms with Gasteiger partial charge in [0.25, 0.3) is 11.8 Å². The van der Waals surface area contributed by atoms with E-state index in [4.69, 9.17) is 9.47 Å². The lowest BCUT2D eigenvalue weighted by Gasteiger charge is -2.09. The molecule has 2 aromatic rings. The summed E-state index contributed by atoms with van der Waals surface area (Å²) in [5.74, 6) is -2.30. The standard InChI is InChI=1S/C20H23N3O6S2/c1-6-28-20(27)14-11(2)15(18(25)23(3)4)31-17(14)22-13(24)10-29-19(26)12-8-7-9-21-16(12)30-5/h7-9H,6,10H2,1-5H3,(H,22,24). The molecule has 31 heavy (non-hydrogen) atoms. The number of hydrogen-bond donors (Lipinski definition) is 1. The van der Waals surface area contributed by atoms with Crippen LogP contribution in [0.1, 0.15) is 42.9 Å². The first kappa shape index (κ1) is 24.4. The van der Waals surface area contributed by atoms with Gasteiger partial charge in [0.05, 0.1) is 22.6 Å². The molecule has 0 aliphatic carbocycles. The first-order valence-electron chi connectivity index (χ1n) is 9.19. The number of thiophene rings is 1. The number of pyridine rings is 1. The molecule has 0 saturated carbocycles.